The SMILES string of the molecule is Cc1ccnc(NC(=O)c2c3c(nc4ccc(Cl)cc24)CCC3)c1. The van der Waals surface area contributed by atoms with Crippen molar-refractivity contribution in [3.05, 3.63) is 63.9 Å². The number of carbonyl (C=O) groups is 1. The third-order valence-electron chi connectivity index (χ3n) is 4.36. The summed E-state index contributed by atoms with van der Waals surface area (Å²) in [6, 6.07) is 9.25. The normalized spacial score (nSPS) is 13.1. The number of nitrogens with one attached hydrogen (secondary N) is 1. The van der Waals surface area contributed by atoms with E-state index in [1.54, 1.807) is 6.20 Å². The van der Waals surface area contributed by atoms with Crippen LogP contribution in [-0.2, 0) is 12.8 Å². The molecule has 5 heteroatoms. The van der Waals surface area contributed by atoms with Gasteiger partial charge in [-0.1, -0.05) is 11.6 Å². The highest BCUT2D eigenvalue weighted by Crippen LogP contribution is 2.31. The summed E-state index contributed by atoms with van der Waals surface area (Å²) in [5, 5.41) is 4.32. The van der Waals surface area contributed by atoms with E-state index in [2.05, 4.69) is 10.3 Å². The Labute approximate surface area is 144 Å². The minimum atomic E-state index is -0.152. The standard InChI is InChI=1S/C19H16ClN3O/c1-11-7-8-21-17(9-11)23-19(24)18-13-3-2-4-15(13)22-16-6-5-12(20)10-14(16)18/h5-10H,2-4H2,1H3,(H,21,23,24). The molecule has 0 aliphatic heterocycles. The van der Waals surface area contributed by atoms with E-state index in [9.17, 15) is 4.79 Å². The fourth-order valence-corrected chi connectivity index (χ4v) is 3.45. The van der Waals surface area contributed by atoms with Gasteiger partial charge in [0.05, 0.1) is 11.1 Å². The molecule has 2 heterocycles. The summed E-state index contributed by atoms with van der Waals surface area (Å²) < 4.78 is 0. The van der Waals surface area contributed by atoms with E-state index in [1.807, 2.05) is 37.3 Å². The van der Waals surface area contributed by atoms with Gasteiger partial charge in [-0.05, 0) is 67.6 Å². The molecule has 1 amide bonds. The van der Waals surface area contributed by atoms with Gasteiger partial charge in [0.25, 0.3) is 5.91 Å². The molecule has 0 saturated heterocycles. The summed E-state index contributed by atoms with van der Waals surface area (Å²) in [5.74, 6) is 0.402. The number of hydrogen-bond acceptors (Lipinski definition) is 3. The number of halogens is 1. The van der Waals surface area contributed by atoms with Crippen molar-refractivity contribution in [3.63, 3.8) is 0 Å². The van der Waals surface area contributed by atoms with Crippen LogP contribution in [0.5, 0.6) is 0 Å². The third-order valence-corrected chi connectivity index (χ3v) is 4.59. The van der Waals surface area contributed by atoms with Crippen LogP contribution >= 0.6 is 11.6 Å². The van der Waals surface area contributed by atoms with Crippen molar-refractivity contribution in [1.82, 2.24) is 9.97 Å². The maximum Gasteiger partial charge on any atom is 0.257 e. The zero-order valence-corrected chi connectivity index (χ0v) is 14.0. The van der Waals surface area contributed by atoms with Crippen LogP contribution in [0.2, 0.25) is 5.02 Å². The lowest BCUT2D eigenvalue weighted by Crippen LogP contribution is -2.16. The molecule has 0 saturated carbocycles. The van der Waals surface area contributed by atoms with Crippen LogP contribution < -0.4 is 5.32 Å². The third kappa shape index (κ3) is 2.63. The molecule has 0 fully saturated rings. The molecule has 0 atom stereocenters. The van der Waals surface area contributed by atoms with Gasteiger partial charge in [-0.2, -0.15) is 0 Å². The number of aromatic nitrogens is 2. The summed E-state index contributed by atoms with van der Waals surface area (Å²) in [6.45, 7) is 1.97. The molecule has 1 aliphatic carbocycles. The number of amides is 1. The Bertz CT molecular complexity index is 968. The maximum absolute atomic E-state index is 13.0. The Balaban J connectivity index is 1.85. The first-order valence-corrected chi connectivity index (χ1v) is 8.34. The van der Waals surface area contributed by atoms with E-state index in [0.29, 0.717) is 16.4 Å². The summed E-state index contributed by atoms with van der Waals surface area (Å²) in [4.78, 5) is 21.9. The minimum absolute atomic E-state index is 0.152. The van der Waals surface area contributed by atoms with E-state index in [0.717, 1.165) is 47.0 Å². The highest BCUT2D eigenvalue weighted by atomic mass is 35.5. The largest absolute Gasteiger partial charge is 0.307 e. The van der Waals surface area contributed by atoms with E-state index in [1.165, 1.54) is 0 Å². The number of benzene rings is 1. The number of aryl methyl sites for hydroxylation is 2. The summed E-state index contributed by atoms with van der Waals surface area (Å²) in [6.07, 6.45) is 4.50. The number of anilines is 1. The van der Waals surface area contributed by atoms with Crippen molar-refractivity contribution in [2.75, 3.05) is 5.32 Å². The molecule has 1 aliphatic rings. The molecule has 2 aromatic heterocycles. The molecule has 4 rings (SSSR count). The van der Waals surface area contributed by atoms with Crippen LogP contribution in [0.15, 0.2) is 36.5 Å². The average Bonchev–Trinajstić information content (AvgIpc) is 3.00. The lowest BCUT2D eigenvalue weighted by Gasteiger charge is -2.13. The Morgan fingerprint density at radius 1 is 1.21 bits per heavy atom. The van der Waals surface area contributed by atoms with Crippen molar-refractivity contribution in [2.45, 2.75) is 26.2 Å². The second-order valence-electron chi connectivity index (χ2n) is 6.10. The van der Waals surface area contributed by atoms with Crippen molar-refractivity contribution < 1.29 is 4.79 Å². The second-order valence-corrected chi connectivity index (χ2v) is 6.54. The topological polar surface area (TPSA) is 54.9 Å². The average molecular weight is 338 g/mol. The van der Waals surface area contributed by atoms with Crippen molar-refractivity contribution >= 4 is 34.2 Å². The Kier molecular flexibility index (Phi) is 3.69. The number of nitrogens with zero attached hydrogens (tertiary/aromatic N) is 2. The molecule has 0 spiro atoms. The first kappa shape index (κ1) is 15.1. The van der Waals surface area contributed by atoms with E-state index in [4.69, 9.17) is 16.6 Å². The van der Waals surface area contributed by atoms with Crippen molar-refractivity contribution in [2.24, 2.45) is 0 Å². The predicted octanol–water partition coefficient (Wildman–Crippen LogP) is 4.33. The zero-order chi connectivity index (χ0) is 16.7. The quantitative estimate of drug-likeness (QED) is 0.757. The van der Waals surface area contributed by atoms with Gasteiger partial charge in [0.15, 0.2) is 0 Å². The van der Waals surface area contributed by atoms with Crippen LogP contribution in [0, 0.1) is 6.92 Å². The fourth-order valence-electron chi connectivity index (χ4n) is 3.28. The molecule has 0 unspecified atom stereocenters. The zero-order valence-electron chi connectivity index (χ0n) is 13.3. The number of fused-ring (bicyclic) bond motifs is 2. The maximum atomic E-state index is 13.0. The predicted molar refractivity (Wildman–Crippen MR) is 95.7 cm³/mol. The van der Waals surface area contributed by atoms with Crippen LogP contribution in [-0.4, -0.2) is 15.9 Å². The second kappa shape index (κ2) is 5.87. The molecule has 4 nitrogen and oxygen atoms in total. The molecule has 0 radical (unpaired) electrons. The number of pyridine rings is 2. The number of rotatable bonds is 2. The lowest BCUT2D eigenvalue weighted by molar-refractivity contribution is 0.102. The van der Waals surface area contributed by atoms with E-state index >= 15 is 0 Å². The van der Waals surface area contributed by atoms with Crippen molar-refractivity contribution in [3.8, 4) is 0 Å². The van der Waals surface area contributed by atoms with Crippen LogP contribution in [0.4, 0.5) is 5.82 Å². The van der Waals surface area contributed by atoms with Gasteiger partial charge < -0.3 is 5.32 Å². The van der Waals surface area contributed by atoms with Crippen molar-refractivity contribution in [1.29, 1.82) is 0 Å². The molecular weight excluding hydrogens is 322 g/mol. The molecule has 120 valence electrons. The van der Waals surface area contributed by atoms with Crippen LogP contribution in [0.25, 0.3) is 10.9 Å². The molecule has 24 heavy (non-hydrogen) atoms. The van der Waals surface area contributed by atoms with Gasteiger partial charge in [-0.15, -0.1) is 0 Å². The highest BCUT2D eigenvalue weighted by Gasteiger charge is 2.24. The van der Waals surface area contributed by atoms with Gasteiger partial charge >= 0.3 is 0 Å². The molecule has 1 aromatic carbocycles. The van der Waals surface area contributed by atoms with Crippen LogP contribution in [0.1, 0.15) is 33.6 Å². The van der Waals surface area contributed by atoms with Gasteiger partial charge in [-0.25, -0.2) is 4.98 Å². The number of carbonyl (C=O) groups excluding carboxylic acids is 1. The number of hydrogen-bond donors (Lipinski definition) is 1. The van der Waals surface area contributed by atoms with Crippen LogP contribution in [0.3, 0.4) is 0 Å². The molecule has 1 N–H and O–H groups in total. The lowest BCUT2D eigenvalue weighted by atomic mass is 10.0. The summed E-state index contributed by atoms with van der Waals surface area (Å²) in [7, 11) is 0. The molecular formula is C19H16ClN3O. The summed E-state index contributed by atoms with van der Waals surface area (Å²) in [5.41, 5.74) is 4.59. The van der Waals surface area contributed by atoms with E-state index < -0.39 is 0 Å². The molecule has 3 aromatic rings. The molecule has 0 bridgehead atoms. The Hall–Kier alpha value is -2.46. The monoisotopic (exact) mass is 337 g/mol. The highest BCUT2D eigenvalue weighted by molar-refractivity contribution is 6.31. The Morgan fingerprint density at radius 2 is 2.08 bits per heavy atom. The smallest absolute Gasteiger partial charge is 0.257 e. The first-order valence-electron chi connectivity index (χ1n) is 7.97. The summed E-state index contributed by atoms with van der Waals surface area (Å²) >= 11 is 6.16. The Morgan fingerprint density at radius 3 is 2.92 bits per heavy atom. The fraction of sp³-hybridized carbons (Fsp3) is 0.211. The first-order chi connectivity index (χ1) is 11.6. The minimum Gasteiger partial charge on any atom is -0.307 e. The van der Waals surface area contributed by atoms with E-state index in [-0.39, 0.29) is 5.91 Å². The van der Waals surface area contributed by atoms with Gasteiger partial charge in [-0.3, -0.25) is 9.78 Å². The van der Waals surface area contributed by atoms with Gasteiger partial charge in [0.2, 0.25) is 0 Å². The van der Waals surface area contributed by atoms with Gasteiger partial charge in [0, 0.05) is 22.3 Å². The van der Waals surface area contributed by atoms with Gasteiger partial charge in [0.1, 0.15) is 5.82 Å².